The molecule has 0 aliphatic heterocycles. The van der Waals surface area contributed by atoms with Crippen molar-refractivity contribution in [2.24, 2.45) is 4.99 Å². The summed E-state index contributed by atoms with van der Waals surface area (Å²) >= 11 is 0. The third-order valence-electron chi connectivity index (χ3n) is 5.20. The first-order chi connectivity index (χ1) is 12.9. The average molecular weight is 364 g/mol. The molecular weight excluding hydrogens is 336 g/mol. The van der Waals surface area contributed by atoms with Crippen molar-refractivity contribution in [2.75, 3.05) is 13.6 Å². The van der Waals surface area contributed by atoms with Gasteiger partial charge >= 0.3 is 0 Å². The fraction of sp³-hybridized carbons (Fsp3) is 0.391. The minimum atomic E-state index is -0.712. The number of aliphatic imine (C=N–C) groups is 1. The molecule has 0 spiro atoms. The summed E-state index contributed by atoms with van der Waals surface area (Å²) in [6.07, 6.45) is 3.35. The summed E-state index contributed by atoms with van der Waals surface area (Å²) in [6.45, 7) is 8.95. The first-order valence-electron chi connectivity index (χ1n) is 9.51. The lowest BCUT2D eigenvalue weighted by Crippen LogP contribution is -2.30. The second-order valence-electron chi connectivity index (χ2n) is 7.46. The number of aryl methyl sites for hydroxylation is 3. The Morgan fingerprint density at radius 2 is 1.85 bits per heavy atom. The Morgan fingerprint density at radius 1 is 1.15 bits per heavy atom. The van der Waals surface area contributed by atoms with Crippen LogP contribution in [0.1, 0.15) is 46.8 Å². The molecule has 0 bridgehead atoms. The van der Waals surface area contributed by atoms with E-state index in [1.165, 1.54) is 0 Å². The van der Waals surface area contributed by atoms with Crippen molar-refractivity contribution in [3.8, 4) is 5.75 Å². The van der Waals surface area contributed by atoms with Crippen LogP contribution in [0.5, 0.6) is 5.75 Å². The van der Waals surface area contributed by atoms with Gasteiger partial charge in [0.15, 0.2) is 5.60 Å². The second-order valence-corrected chi connectivity index (χ2v) is 7.46. The SMILES string of the molecule is CCN(C)/C=N\c1cc(C)c(C(=O)C2(Oc3ccccc3C)CC2)cc1C. The molecule has 4 nitrogen and oxygen atoms in total. The van der Waals surface area contributed by atoms with Gasteiger partial charge in [-0.2, -0.15) is 0 Å². The number of benzene rings is 2. The molecule has 0 saturated heterocycles. The van der Waals surface area contributed by atoms with Crippen LogP contribution < -0.4 is 4.74 Å². The van der Waals surface area contributed by atoms with Crippen LogP contribution in [-0.2, 0) is 0 Å². The van der Waals surface area contributed by atoms with Crippen LogP contribution in [0.25, 0.3) is 0 Å². The molecule has 1 aliphatic carbocycles. The molecule has 0 radical (unpaired) electrons. The molecule has 3 rings (SSSR count). The maximum Gasteiger partial charge on any atom is 0.206 e. The summed E-state index contributed by atoms with van der Waals surface area (Å²) in [5, 5.41) is 0. The maximum atomic E-state index is 13.3. The highest BCUT2D eigenvalue weighted by atomic mass is 16.5. The molecule has 0 atom stereocenters. The molecule has 0 aromatic heterocycles. The second kappa shape index (κ2) is 7.55. The van der Waals surface area contributed by atoms with E-state index in [0.717, 1.165) is 53.1 Å². The molecule has 0 N–H and O–H groups in total. The number of hydrogen-bond acceptors (Lipinski definition) is 3. The number of carbonyl (C=O) groups is 1. The van der Waals surface area contributed by atoms with E-state index in [0.29, 0.717) is 0 Å². The van der Waals surface area contributed by atoms with Gasteiger partial charge in [-0.25, -0.2) is 4.99 Å². The van der Waals surface area contributed by atoms with Gasteiger partial charge in [-0.15, -0.1) is 0 Å². The van der Waals surface area contributed by atoms with Crippen LogP contribution in [0.15, 0.2) is 41.4 Å². The summed E-state index contributed by atoms with van der Waals surface area (Å²) in [4.78, 5) is 19.8. The smallest absolute Gasteiger partial charge is 0.206 e. The quantitative estimate of drug-likeness (QED) is 0.394. The van der Waals surface area contributed by atoms with Crippen molar-refractivity contribution in [3.63, 3.8) is 0 Å². The number of Topliss-reactive ketones (excluding diaryl/α,β-unsaturated/α-hetero) is 1. The van der Waals surface area contributed by atoms with Crippen LogP contribution in [0.2, 0.25) is 0 Å². The predicted molar refractivity (Wildman–Crippen MR) is 110 cm³/mol. The van der Waals surface area contributed by atoms with Crippen LogP contribution >= 0.6 is 0 Å². The van der Waals surface area contributed by atoms with Crippen molar-refractivity contribution in [1.82, 2.24) is 4.90 Å². The first-order valence-corrected chi connectivity index (χ1v) is 9.51. The molecule has 1 fully saturated rings. The van der Waals surface area contributed by atoms with Gasteiger partial charge in [0.25, 0.3) is 0 Å². The largest absolute Gasteiger partial charge is 0.479 e. The lowest BCUT2D eigenvalue weighted by molar-refractivity contribution is 0.0744. The molecule has 0 amide bonds. The van der Waals surface area contributed by atoms with Crippen molar-refractivity contribution in [1.29, 1.82) is 0 Å². The van der Waals surface area contributed by atoms with E-state index >= 15 is 0 Å². The third-order valence-corrected chi connectivity index (χ3v) is 5.20. The van der Waals surface area contributed by atoms with Crippen molar-refractivity contribution in [3.05, 3.63) is 58.7 Å². The molecule has 1 aliphatic rings. The highest BCUT2D eigenvalue weighted by molar-refractivity contribution is 6.06. The monoisotopic (exact) mass is 364 g/mol. The Balaban J connectivity index is 1.86. The average Bonchev–Trinajstić information content (AvgIpc) is 3.44. The molecular formula is C23H28N2O2. The molecule has 2 aromatic carbocycles. The molecule has 4 heteroatoms. The molecule has 0 heterocycles. The highest BCUT2D eigenvalue weighted by Gasteiger charge is 2.53. The number of para-hydroxylation sites is 1. The van der Waals surface area contributed by atoms with E-state index in [1.54, 1.807) is 0 Å². The number of ether oxygens (including phenoxy) is 1. The number of nitrogens with zero attached hydrogens (tertiary/aromatic N) is 2. The summed E-state index contributed by atoms with van der Waals surface area (Å²) in [7, 11) is 1.99. The van der Waals surface area contributed by atoms with Gasteiger partial charge in [-0.1, -0.05) is 18.2 Å². The van der Waals surface area contributed by atoms with E-state index in [9.17, 15) is 4.79 Å². The van der Waals surface area contributed by atoms with Gasteiger partial charge in [0, 0.05) is 19.2 Å². The van der Waals surface area contributed by atoms with Gasteiger partial charge in [-0.05, 0) is 75.4 Å². The van der Waals surface area contributed by atoms with Gasteiger partial charge in [0.2, 0.25) is 5.78 Å². The Hall–Kier alpha value is -2.62. The topological polar surface area (TPSA) is 41.9 Å². The normalized spacial score (nSPS) is 15.0. The van der Waals surface area contributed by atoms with Crippen molar-refractivity contribution < 1.29 is 9.53 Å². The van der Waals surface area contributed by atoms with E-state index in [2.05, 4.69) is 11.9 Å². The number of hydrogen-bond donors (Lipinski definition) is 0. The zero-order valence-corrected chi connectivity index (χ0v) is 16.9. The van der Waals surface area contributed by atoms with Gasteiger partial charge < -0.3 is 9.64 Å². The number of carbonyl (C=O) groups excluding carboxylic acids is 1. The van der Waals surface area contributed by atoms with E-state index in [1.807, 2.05) is 75.5 Å². The Bertz CT molecular complexity index is 882. The Kier molecular flexibility index (Phi) is 5.36. The zero-order chi connectivity index (χ0) is 19.6. The van der Waals surface area contributed by atoms with Crippen molar-refractivity contribution >= 4 is 17.8 Å². The molecule has 0 unspecified atom stereocenters. The van der Waals surface area contributed by atoms with Crippen LogP contribution in [0, 0.1) is 20.8 Å². The van der Waals surface area contributed by atoms with Gasteiger partial charge in [-0.3, -0.25) is 4.79 Å². The minimum Gasteiger partial charge on any atom is -0.479 e. The lowest BCUT2D eigenvalue weighted by Gasteiger charge is -2.20. The van der Waals surface area contributed by atoms with E-state index < -0.39 is 5.60 Å². The zero-order valence-electron chi connectivity index (χ0n) is 16.9. The molecule has 142 valence electrons. The minimum absolute atomic E-state index is 0.0764. The fourth-order valence-corrected chi connectivity index (χ4v) is 3.04. The van der Waals surface area contributed by atoms with Crippen molar-refractivity contribution in [2.45, 2.75) is 46.1 Å². The molecule has 1 saturated carbocycles. The van der Waals surface area contributed by atoms with Gasteiger partial charge in [0.1, 0.15) is 5.75 Å². The van der Waals surface area contributed by atoms with Crippen LogP contribution in [-0.4, -0.2) is 36.2 Å². The molecule has 27 heavy (non-hydrogen) atoms. The standard InChI is InChI=1S/C23H28N2O2/c1-6-25(5)15-24-20-14-17(3)19(13-18(20)4)22(26)23(11-12-23)27-21-10-8-7-9-16(21)2/h7-10,13-15H,6,11-12H2,1-5H3/b24-15-. The third kappa shape index (κ3) is 4.05. The number of ketones is 1. The summed E-state index contributed by atoms with van der Waals surface area (Å²) in [5.74, 6) is 0.870. The fourth-order valence-electron chi connectivity index (χ4n) is 3.04. The lowest BCUT2D eigenvalue weighted by atomic mass is 9.96. The first kappa shape index (κ1) is 19.2. The van der Waals surface area contributed by atoms with Gasteiger partial charge in [0.05, 0.1) is 12.0 Å². The Morgan fingerprint density at radius 3 is 2.48 bits per heavy atom. The van der Waals surface area contributed by atoms with E-state index in [4.69, 9.17) is 4.74 Å². The summed E-state index contributed by atoms with van der Waals surface area (Å²) in [5.41, 5.74) is 3.91. The van der Waals surface area contributed by atoms with Crippen LogP contribution in [0.4, 0.5) is 5.69 Å². The summed E-state index contributed by atoms with van der Waals surface area (Å²) in [6, 6.07) is 11.8. The maximum absolute atomic E-state index is 13.3. The molecule has 2 aromatic rings. The predicted octanol–water partition coefficient (Wildman–Crippen LogP) is 5.02. The van der Waals surface area contributed by atoms with E-state index in [-0.39, 0.29) is 5.78 Å². The Labute approximate surface area is 161 Å². The highest BCUT2D eigenvalue weighted by Crippen LogP contribution is 2.44. The number of rotatable bonds is 7. The van der Waals surface area contributed by atoms with Crippen LogP contribution in [0.3, 0.4) is 0 Å². The summed E-state index contributed by atoms with van der Waals surface area (Å²) < 4.78 is 6.19.